The standard InChI is InChI=1S/C8H15Cl/c1-3-8(2,9)7-5-4-6-7/h7H,3-6H2,1-2H3. The lowest BCUT2D eigenvalue weighted by Crippen LogP contribution is -2.32. The maximum atomic E-state index is 6.22. The molecule has 0 aromatic heterocycles. The Morgan fingerprint density at radius 2 is 2.11 bits per heavy atom. The van der Waals surface area contributed by atoms with Crippen LogP contribution < -0.4 is 0 Å². The summed E-state index contributed by atoms with van der Waals surface area (Å²) in [6.07, 6.45) is 5.22. The molecule has 1 aliphatic rings. The molecule has 0 aromatic carbocycles. The molecule has 0 radical (unpaired) electrons. The van der Waals surface area contributed by atoms with Crippen molar-refractivity contribution in [3.8, 4) is 0 Å². The maximum Gasteiger partial charge on any atom is 0.0444 e. The van der Waals surface area contributed by atoms with Crippen molar-refractivity contribution in [3.63, 3.8) is 0 Å². The van der Waals surface area contributed by atoms with Gasteiger partial charge in [-0.2, -0.15) is 0 Å². The summed E-state index contributed by atoms with van der Waals surface area (Å²) < 4.78 is 0. The molecule has 0 heterocycles. The number of alkyl halides is 1. The minimum absolute atomic E-state index is 0.109. The van der Waals surface area contributed by atoms with E-state index in [1.165, 1.54) is 19.3 Å². The molecule has 0 nitrogen and oxygen atoms in total. The zero-order valence-electron chi connectivity index (χ0n) is 6.28. The SMILES string of the molecule is CCC(C)(Cl)C1CCC1. The lowest BCUT2D eigenvalue weighted by Gasteiger charge is -2.37. The Hall–Kier alpha value is 0.290. The minimum atomic E-state index is 0.109. The van der Waals surface area contributed by atoms with Gasteiger partial charge < -0.3 is 0 Å². The molecular formula is C8H15Cl. The van der Waals surface area contributed by atoms with E-state index in [0.717, 1.165) is 12.3 Å². The molecule has 1 atom stereocenters. The molecule has 1 rings (SSSR count). The summed E-state index contributed by atoms with van der Waals surface area (Å²) in [6, 6.07) is 0. The van der Waals surface area contributed by atoms with Crippen LogP contribution in [0.25, 0.3) is 0 Å². The van der Waals surface area contributed by atoms with Crippen molar-refractivity contribution in [2.75, 3.05) is 0 Å². The molecule has 0 bridgehead atoms. The fraction of sp³-hybridized carbons (Fsp3) is 1.00. The molecule has 0 spiro atoms. The highest BCUT2D eigenvalue weighted by Crippen LogP contribution is 2.41. The van der Waals surface area contributed by atoms with Gasteiger partial charge >= 0.3 is 0 Å². The van der Waals surface area contributed by atoms with Crippen molar-refractivity contribution in [1.29, 1.82) is 0 Å². The van der Waals surface area contributed by atoms with Crippen molar-refractivity contribution in [2.45, 2.75) is 44.4 Å². The third-order valence-electron chi connectivity index (χ3n) is 2.65. The molecule has 1 unspecified atom stereocenters. The van der Waals surface area contributed by atoms with E-state index >= 15 is 0 Å². The molecule has 54 valence electrons. The van der Waals surface area contributed by atoms with Gasteiger partial charge in [-0.3, -0.25) is 0 Å². The van der Waals surface area contributed by atoms with Crippen molar-refractivity contribution in [1.82, 2.24) is 0 Å². The van der Waals surface area contributed by atoms with Gasteiger partial charge in [-0.05, 0) is 32.1 Å². The van der Waals surface area contributed by atoms with E-state index in [9.17, 15) is 0 Å². The summed E-state index contributed by atoms with van der Waals surface area (Å²) in [7, 11) is 0. The molecule has 0 aliphatic heterocycles. The Bertz CT molecular complexity index is 92.7. The van der Waals surface area contributed by atoms with E-state index in [1.54, 1.807) is 0 Å². The molecule has 9 heavy (non-hydrogen) atoms. The van der Waals surface area contributed by atoms with E-state index in [4.69, 9.17) is 11.6 Å². The van der Waals surface area contributed by atoms with E-state index in [2.05, 4.69) is 13.8 Å². The summed E-state index contributed by atoms with van der Waals surface area (Å²) in [4.78, 5) is 0.109. The van der Waals surface area contributed by atoms with Gasteiger partial charge in [0, 0.05) is 4.87 Å². The summed E-state index contributed by atoms with van der Waals surface area (Å²) in [5, 5.41) is 0. The lowest BCUT2D eigenvalue weighted by molar-refractivity contribution is 0.237. The molecule has 0 saturated heterocycles. The van der Waals surface area contributed by atoms with E-state index in [0.29, 0.717) is 0 Å². The second-order valence-electron chi connectivity index (χ2n) is 3.26. The Kier molecular flexibility index (Phi) is 2.05. The van der Waals surface area contributed by atoms with Crippen LogP contribution >= 0.6 is 11.6 Å². The first-order valence-electron chi connectivity index (χ1n) is 3.85. The summed E-state index contributed by atoms with van der Waals surface area (Å²) in [6.45, 7) is 4.34. The van der Waals surface area contributed by atoms with Gasteiger partial charge in [0.25, 0.3) is 0 Å². The summed E-state index contributed by atoms with van der Waals surface area (Å²) in [5.41, 5.74) is 0. The number of hydrogen-bond acceptors (Lipinski definition) is 0. The zero-order chi connectivity index (χ0) is 6.91. The largest absolute Gasteiger partial charge is 0.119 e. The topological polar surface area (TPSA) is 0 Å². The molecule has 1 saturated carbocycles. The third-order valence-corrected chi connectivity index (χ3v) is 3.22. The quantitative estimate of drug-likeness (QED) is 0.525. The first-order chi connectivity index (χ1) is 4.17. The van der Waals surface area contributed by atoms with E-state index in [1.807, 2.05) is 0 Å². The van der Waals surface area contributed by atoms with Crippen LogP contribution in [0, 0.1) is 5.92 Å². The fourth-order valence-corrected chi connectivity index (χ4v) is 1.52. The fourth-order valence-electron chi connectivity index (χ4n) is 1.30. The van der Waals surface area contributed by atoms with Crippen molar-refractivity contribution in [3.05, 3.63) is 0 Å². The normalized spacial score (nSPS) is 27.0. The Labute approximate surface area is 62.6 Å². The number of halogens is 1. The predicted molar refractivity (Wildman–Crippen MR) is 41.9 cm³/mol. The van der Waals surface area contributed by atoms with Crippen LogP contribution in [0.1, 0.15) is 39.5 Å². The van der Waals surface area contributed by atoms with E-state index in [-0.39, 0.29) is 4.87 Å². The molecule has 0 aromatic rings. The highest BCUT2D eigenvalue weighted by molar-refractivity contribution is 6.23. The van der Waals surface area contributed by atoms with Crippen LogP contribution in [-0.2, 0) is 0 Å². The Balaban J connectivity index is 2.37. The molecule has 1 heteroatoms. The van der Waals surface area contributed by atoms with Gasteiger partial charge in [-0.25, -0.2) is 0 Å². The van der Waals surface area contributed by atoms with Crippen molar-refractivity contribution >= 4 is 11.6 Å². The van der Waals surface area contributed by atoms with Crippen LogP contribution in [0.15, 0.2) is 0 Å². The minimum Gasteiger partial charge on any atom is -0.119 e. The highest BCUT2D eigenvalue weighted by Gasteiger charge is 2.34. The van der Waals surface area contributed by atoms with Gasteiger partial charge in [0.2, 0.25) is 0 Å². The third kappa shape index (κ3) is 1.40. The zero-order valence-corrected chi connectivity index (χ0v) is 7.04. The predicted octanol–water partition coefficient (Wildman–Crippen LogP) is 3.19. The molecule has 1 aliphatic carbocycles. The van der Waals surface area contributed by atoms with Gasteiger partial charge in [-0.1, -0.05) is 13.3 Å². The van der Waals surface area contributed by atoms with Gasteiger partial charge in [0.05, 0.1) is 0 Å². The second-order valence-corrected chi connectivity index (χ2v) is 4.12. The van der Waals surface area contributed by atoms with Gasteiger partial charge in [0.15, 0.2) is 0 Å². The Morgan fingerprint density at radius 1 is 1.56 bits per heavy atom. The first kappa shape index (κ1) is 7.40. The van der Waals surface area contributed by atoms with Gasteiger partial charge in [0.1, 0.15) is 0 Å². The first-order valence-corrected chi connectivity index (χ1v) is 4.23. The Morgan fingerprint density at radius 3 is 2.22 bits per heavy atom. The second kappa shape index (κ2) is 2.49. The average Bonchev–Trinajstić information content (AvgIpc) is 1.60. The van der Waals surface area contributed by atoms with Gasteiger partial charge in [-0.15, -0.1) is 11.6 Å². The average molecular weight is 147 g/mol. The van der Waals surface area contributed by atoms with Crippen LogP contribution in [0.4, 0.5) is 0 Å². The van der Waals surface area contributed by atoms with Crippen molar-refractivity contribution in [2.24, 2.45) is 5.92 Å². The molecule has 0 amide bonds. The van der Waals surface area contributed by atoms with Crippen LogP contribution in [0.3, 0.4) is 0 Å². The lowest BCUT2D eigenvalue weighted by atomic mass is 9.75. The van der Waals surface area contributed by atoms with Crippen LogP contribution in [0.2, 0.25) is 0 Å². The van der Waals surface area contributed by atoms with Crippen LogP contribution in [0.5, 0.6) is 0 Å². The number of rotatable bonds is 2. The van der Waals surface area contributed by atoms with Crippen LogP contribution in [-0.4, -0.2) is 4.87 Å². The molecule has 1 fully saturated rings. The maximum absolute atomic E-state index is 6.22. The summed E-state index contributed by atoms with van der Waals surface area (Å²) in [5.74, 6) is 0.809. The van der Waals surface area contributed by atoms with Crippen molar-refractivity contribution < 1.29 is 0 Å². The monoisotopic (exact) mass is 146 g/mol. The number of hydrogen-bond donors (Lipinski definition) is 0. The highest BCUT2D eigenvalue weighted by atomic mass is 35.5. The van der Waals surface area contributed by atoms with E-state index < -0.39 is 0 Å². The summed E-state index contributed by atoms with van der Waals surface area (Å²) >= 11 is 6.22. The smallest absolute Gasteiger partial charge is 0.0444 e. The molecule has 0 N–H and O–H groups in total. The molecular weight excluding hydrogens is 132 g/mol.